The number of hydrazine groups is 1. The maximum Gasteiger partial charge on any atom is 0.306 e. The van der Waals surface area contributed by atoms with E-state index < -0.39 is 162 Å². The Kier molecular flexibility index (Phi) is 44.3. The van der Waals surface area contributed by atoms with E-state index in [1.54, 1.807) is 89.6 Å². The van der Waals surface area contributed by atoms with Crippen molar-refractivity contribution in [2.45, 2.75) is 254 Å². The topological polar surface area (TPSA) is 514 Å². The van der Waals surface area contributed by atoms with Crippen LogP contribution in [0.4, 0.5) is 11.4 Å². The lowest BCUT2D eigenvalue weighted by Gasteiger charge is -2.38. The number of thiazole rings is 2. The Balaban J connectivity index is 1.36. The van der Waals surface area contributed by atoms with Crippen molar-refractivity contribution in [2.24, 2.45) is 35.5 Å². The van der Waals surface area contributed by atoms with Crippen LogP contribution in [0, 0.1) is 35.5 Å². The highest BCUT2D eigenvalue weighted by Crippen LogP contribution is 2.35. The van der Waals surface area contributed by atoms with E-state index in [0.29, 0.717) is 24.0 Å². The maximum atomic E-state index is 14.4. The Morgan fingerprint density at radius 1 is 0.496 bits per heavy atom. The van der Waals surface area contributed by atoms with Crippen LogP contribution in [-0.4, -0.2) is 271 Å². The van der Waals surface area contributed by atoms with Crippen molar-refractivity contribution < 1.29 is 107 Å². The predicted octanol–water partition coefficient (Wildman–Crippen LogP) is 7.76. The second kappa shape index (κ2) is 51.9. The molecule has 0 saturated carbocycles. The van der Waals surface area contributed by atoms with Crippen LogP contribution in [0.3, 0.4) is 0 Å². The summed E-state index contributed by atoms with van der Waals surface area (Å²) in [6.07, 6.45) is -1.52. The minimum atomic E-state index is -1.15. The number of phenolic OH excluding ortho intramolecular Hbond substituents is 2. The summed E-state index contributed by atoms with van der Waals surface area (Å²) in [6.45, 7) is 30.9. The summed E-state index contributed by atoms with van der Waals surface area (Å²) in [4.78, 5) is 229. The fourth-order valence-electron chi connectivity index (χ4n) is 13.9. The number of aromatic hydroxyl groups is 2. The van der Waals surface area contributed by atoms with Crippen LogP contribution in [0.5, 0.6) is 11.5 Å². The Labute approximate surface area is 775 Å². The Hall–Kier alpha value is -11.5. The maximum absolute atomic E-state index is 14.4. The van der Waals surface area contributed by atoms with E-state index in [1.165, 1.54) is 74.9 Å². The van der Waals surface area contributed by atoms with Gasteiger partial charge in [-0.25, -0.2) is 15.0 Å². The van der Waals surface area contributed by atoms with Gasteiger partial charge in [0.05, 0.1) is 47.4 Å². The van der Waals surface area contributed by atoms with E-state index in [-0.39, 0.29) is 163 Å². The molecule has 2 unspecified atom stereocenters. The summed E-state index contributed by atoms with van der Waals surface area (Å²) in [5, 5.41) is 69.0. The molecule has 0 spiro atoms. The number of carbonyl (C=O) groups is 16. The SMILES string of the molecule is C=CC(=O)N(CCC(=O)NCCC(=O)Nc1cc(C[C@@H](CC(C)C(=O)O)NC(=O)c2csc([C@@H](C[C@H](C(C)C)N(C)C(=O)[C@@H](NC(=O)C(C)(C)N(C)C)[C@@H](C)CC)OC(C)=O)n2)ccc1O)N(CCC(=O)NCCC(=O)Nc1cc(C[C@@H](CC(C)C(=O)O)NC(=O)c2csc([C@@H](C[C@H](C(C)C)N(C)C(=O)[C@@H](NC(=O)C(C)(C)N(C)C)[C@@H](C)CC)OC(C)=O)n2)ccc1O)C(C)=O. The number of aromatic nitrogens is 2. The van der Waals surface area contributed by atoms with Gasteiger partial charge in [0.25, 0.3) is 17.7 Å². The molecule has 4 rings (SSSR count). The lowest BCUT2D eigenvalue weighted by atomic mass is 9.92. The van der Waals surface area contributed by atoms with Crippen LogP contribution in [0.25, 0.3) is 0 Å². The molecule has 0 fully saturated rings. The van der Waals surface area contributed by atoms with Crippen molar-refractivity contribution in [3.05, 3.63) is 92.3 Å². The predicted molar refractivity (Wildman–Crippen MR) is 494 cm³/mol. The van der Waals surface area contributed by atoms with Crippen molar-refractivity contribution in [3.63, 3.8) is 0 Å². The minimum absolute atomic E-state index is 0.00981. The number of aliphatic carboxylic acids is 2. The molecule has 0 aliphatic rings. The standard InChI is InChI=1S/C91H138N16O22S2/c1-25-52(8)78(100-88(126)90(15,16)102(19)20)84(120)104(23)67(50(4)5)46-71(128-57(13)109)82-98-65(48-130-82)80(118)94-61(40-54(10)86(122)123)42-59-28-30-69(111)63(44-59)96-75(115)32-36-92-73(113)34-38-106(56(12)108)107(77(117)27-3)39-35-74(114)93-37-33-76(116)97-64-45-60(29-31-70(64)112)43-62(41-55(11)87(124)125)95-81(119)66-49-131-83(99-66)72(129-58(14)110)47-68(51(6)7)105(24)85(121)79(53(9)26-2)101-89(127)91(17,18)103(21)22/h27-31,44-45,48-55,61-62,67-68,71-72,78-79,111-112H,3,25-26,32-43,46-47H2,1-2,4-24H3,(H,92,113)(H,93,114)(H,94,118)(H,95,119)(H,96,115)(H,97,116)(H,100,126)(H,101,127)(H,122,123)(H,124,125)/t52-,53-,54?,55?,61+,62+,67+,68+,71+,72+,78-,79-/m0/s1. The number of rotatable bonds is 53. The number of carbonyl (C=O) groups excluding carboxylic acids is 14. The zero-order chi connectivity index (χ0) is 99.1. The Morgan fingerprint density at radius 3 is 1.15 bits per heavy atom. The molecule has 2 aromatic carbocycles. The highest BCUT2D eigenvalue weighted by atomic mass is 32.1. The van der Waals surface area contributed by atoms with Gasteiger partial charge in [0.1, 0.15) is 45.0 Å². The quantitative estimate of drug-likeness (QED) is 0.00869. The third-order valence-corrected chi connectivity index (χ3v) is 25.5. The second-order valence-electron chi connectivity index (χ2n) is 35.4. The Morgan fingerprint density at radius 2 is 0.847 bits per heavy atom. The zero-order valence-electron chi connectivity index (χ0n) is 79.8. The number of anilines is 2. The molecule has 40 heteroatoms. The molecule has 0 bridgehead atoms. The first-order valence-electron chi connectivity index (χ1n) is 43.9. The number of esters is 2. The van der Waals surface area contributed by atoms with Crippen molar-refractivity contribution in [3.8, 4) is 11.5 Å². The van der Waals surface area contributed by atoms with E-state index in [1.807, 2.05) is 55.4 Å². The van der Waals surface area contributed by atoms with Gasteiger partial charge < -0.3 is 82.2 Å². The van der Waals surface area contributed by atoms with E-state index in [4.69, 9.17) is 9.47 Å². The van der Waals surface area contributed by atoms with Crippen LogP contribution in [-0.2, 0) is 89.4 Å². The zero-order valence-corrected chi connectivity index (χ0v) is 81.5. The van der Waals surface area contributed by atoms with Gasteiger partial charge >= 0.3 is 23.9 Å². The molecule has 12 N–H and O–H groups in total. The van der Waals surface area contributed by atoms with Gasteiger partial charge in [0.15, 0.2) is 12.2 Å². The average Bonchev–Trinajstić information content (AvgIpc) is 1.24. The van der Waals surface area contributed by atoms with Gasteiger partial charge in [-0.2, -0.15) is 0 Å². The van der Waals surface area contributed by atoms with Gasteiger partial charge in [-0.1, -0.05) is 101 Å². The number of hydrogen-bond donors (Lipinski definition) is 12. The van der Waals surface area contributed by atoms with Crippen molar-refractivity contribution in [1.29, 1.82) is 0 Å². The van der Waals surface area contributed by atoms with Crippen LogP contribution in [0.2, 0.25) is 0 Å². The van der Waals surface area contributed by atoms with Gasteiger partial charge in [-0.15, -0.1) is 22.7 Å². The first-order chi connectivity index (χ1) is 61.1. The number of nitrogens with zero attached hydrogens (tertiary/aromatic N) is 8. The molecule has 12 atom stereocenters. The van der Waals surface area contributed by atoms with Gasteiger partial charge in [-0.3, -0.25) is 91.5 Å². The second-order valence-corrected chi connectivity index (χ2v) is 37.2. The first-order valence-corrected chi connectivity index (χ1v) is 45.7. The summed E-state index contributed by atoms with van der Waals surface area (Å²) in [5.74, 6) is -14.0. The van der Waals surface area contributed by atoms with Gasteiger partial charge in [-0.05, 0) is 147 Å². The molecule has 0 aliphatic carbocycles. The van der Waals surface area contributed by atoms with E-state index >= 15 is 0 Å². The number of ether oxygens (including phenoxy) is 2. The van der Waals surface area contributed by atoms with Crippen LogP contribution in [0.15, 0.2) is 59.8 Å². The molecule has 38 nitrogen and oxygen atoms in total. The number of amides is 12. The summed E-state index contributed by atoms with van der Waals surface area (Å²) in [5.41, 5.74) is -1.25. The molecule has 726 valence electrons. The van der Waals surface area contributed by atoms with E-state index in [9.17, 15) is 97.1 Å². The molecular formula is C91H138N16O22S2. The molecule has 0 saturated heterocycles. The average molecular weight is 1870 g/mol. The summed E-state index contributed by atoms with van der Waals surface area (Å²) in [7, 11) is 10.3. The Bertz CT molecular complexity index is 4660. The van der Waals surface area contributed by atoms with Gasteiger partial charge in [0, 0.05) is 121 Å². The molecule has 2 heterocycles. The monoisotopic (exact) mass is 1870 g/mol. The molecule has 12 amide bonds. The fourth-order valence-corrected chi connectivity index (χ4v) is 15.6. The lowest BCUT2D eigenvalue weighted by molar-refractivity contribution is -0.160. The smallest absolute Gasteiger partial charge is 0.306 e. The summed E-state index contributed by atoms with van der Waals surface area (Å²) in [6, 6.07) is 3.84. The number of carboxylic acids is 2. The first kappa shape index (κ1) is 112. The number of hydrogen-bond acceptors (Lipinski definition) is 26. The highest BCUT2D eigenvalue weighted by Gasteiger charge is 2.42. The highest BCUT2D eigenvalue weighted by molar-refractivity contribution is 7.10. The van der Waals surface area contributed by atoms with E-state index in [0.717, 1.165) is 45.7 Å². The van der Waals surface area contributed by atoms with Gasteiger partial charge in [0.2, 0.25) is 53.2 Å². The number of carboxylic acid groups (broad SMARTS) is 2. The number of benzene rings is 2. The normalized spacial score (nSPS) is 14.3. The number of nitrogens with one attached hydrogen (secondary N) is 8. The molecule has 4 aromatic rings. The summed E-state index contributed by atoms with van der Waals surface area (Å²) >= 11 is 2.07. The summed E-state index contributed by atoms with van der Waals surface area (Å²) < 4.78 is 11.6. The van der Waals surface area contributed by atoms with Crippen molar-refractivity contribution in [2.75, 3.05) is 79.1 Å². The van der Waals surface area contributed by atoms with Crippen molar-refractivity contribution >= 4 is 129 Å². The van der Waals surface area contributed by atoms with Crippen LogP contribution in [0.1, 0.15) is 236 Å². The van der Waals surface area contributed by atoms with Crippen molar-refractivity contribution in [1.82, 2.24) is 71.5 Å². The molecule has 0 radical (unpaired) electrons. The minimum Gasteiger partial charge on any atom is -0.506 e. The molecular weight excluding hydrogens is 1730 g/mol. The third kappa shape index (κ3) is 34.3. The van der Waals surface area contributed by atoms with Crippen LogP contribution >= 0.6 is 22.7 Å². The largest absolute Gasteiger partial charge is 0.506 e. The fraction of sp³-hybridized carbons (Fsp3) is 0.604. The molecule has 131 heavy (non-hydrogen) atoms. The number of phenols is 2. The third-order valence-electron chi connectivity index (χ3n) is 23.7. The molecule has 0 aliphatic heterocycles. The lowest BCUT2D eigenvalue weighted by Crippen LogP contribution is -2.60. The molecule has 2 aromatic heterocycles. The number of likely N-dealkylation sites (N-methyl/N-ethyl adjacent to an activating group) is 4. The van der Waals surface area contributed by atoms with E-state index in [2.05, 4.69) is 59.1 Å². The van der Waals surface area contributed by atoms with Crippen LogP contribution < -0.4 is 42.5 Å².